The first-order valence-electron chi connectivity index (χ1n) is 8.16. The normalized spacial score (nSPS) is 10.5. The molecule has 1 aromatic heterocycles. The number of hydrogen-bond donors (Lipinski definition) is 1. The highest BCUT2D eigenvalue weighted by Gasteiger charge is 2.13. The fraction of sp³-hybridized carbons (Fsp3) is 0.167. The molecule has 144 valence electrons. The SMILES string of the molecule is CC(=O)c1cccc(OCC(=O)Nc2cc(Br)ccc2Sc2nnnn2C)c1. The molecule has 28 heavy (non-hydrogen) atoms. The van der Waals surface area contributed by atoms with Gasteiger partial charge < -0.3 is 10.1 Å². The van der Waals surface area contributed by atoms with Crippen LogP contribution in [0.5, 0.6) is 5.75 Å². The quantitative estimate of drug-likeness (QED) is 0.538. The van der Waals surface area contributed by atoms with Crippen LogP contribution in [0.1, 0.15) is 17.3 Å². The Balaban J connectivity index is 1.68. The minimum Gasteiger partial charge on any atom is -0.484 e. The van der Waals surface area contributed by atoms with Gasteiger partial charge in [-0.25, -0.2) is 4.68 Å². The van der Waals surface area contributed by atoms with Crippen molar-refractivity contribution in [3.05, 3.63) is 52.5 Å². The molecule has 0 saturated carbocycles. The zero-order valence-electron chi connectivity index (χ0n) is 15.0. The molecule has 0 aliphatic rings. The Morgan fingerprint density at radius 3 is 2.79 bits per heavy atom. The number of ether oxygens (including phenoxy) is 1. The molecule has 10 heteroatoms. The van der Waals surface area contributed by atoms with E-state index >= 15 is 0 Å². The summed E-state index contributed by atoms with van der Waals surface area (Å²) in [5.74, 6) is 0.0603. The number of anilines is 1. The Kier molecular flexibility index (Phi) is 6.42. The number of aromatic nitrogens is 4. The molecule has 0 unspecified atom stereocenters. The van der Waals surface area contributed by atoms with Crippen LogP contribution in [0.2, 0.25) is 0 Å². The Morgan fingerprint density at radius 2 is 2.07 bits per heavy atom. The fourth-order valence-electron chi connectivity index (χ4n) is 2.23. The highest BCUT2D eigenvalue weighted by molar-refractivity contribution is 9.10. The molecule has 0 fully saturated rings. The Labute approximate surface area is 173 Å². The molecule has 3 aromatic rings. The lowest BCUT2D eigenvalue weighted by Crippen LogP contribution is -2.20. The van der Waals surface area contributed by atoms with Gasteiger partial charge in [0.2, 0.25) is 5.16 Å². The minimum atomic E-state index is -0.329. The summed E-state index contributed by atoms with van der Waals surface area (Å²) < 4.78 is 7.87. The number of carbonyl (C=O) groups is 2. The zero-order valence-corrected chi connectivity index (χ0v) is 17.5. The van der Waals surface area contributed by atoms with Crippen LogP contribution in [0.3, 0.4) is 0 Å². The van der Waals surface area contributed by atoms with E-state index in [0.717, 1.165) is 9.37 Å². The van der Waals surface area contributed by atoms with Crippen LogP contribution in [0.25, 0.3) is 0 Å². The standard InChI is InChI=1S/C18H16BrN5O3S/c1-11(25)12-4-3-5-14(8-12)27-10-17(26)20-15-9-13(19)6-7-16(15)28-18-21-22-23-24(18)2/h3-9H,10H2,1-2H3,(H,20,26). The predicted octanol–water partition coefficient (Wildman–Crippen LogP) is 3.34. The molecule has 0 bridgehead atoms. The second kappa shape index (κ2) is 8.98. The number of ketones is 1. The lowest BCUT2D eigenvalue weighted by Gasteiger charge is -2.12. The first-order valence-corrected chi connectivity index (χ1v) is 9.77. The maximum absolute atomic E-state index is 12.4. The Hall–Kier alpha value is -2.72. The largest absolute Gasteiger partial charge is 0.484 e. The Morgan fingerprint density at radius 1 is 1.25 bits per heavy atom. The van der Waals surface area contributed by atoms with Gasteiger partial charge in [0.05, 0.1) is 5.69 Å². The smallest absolute Gasteiger partial charge is 0.262 e. The van der Waals surface area contributed by atoms with Gasteiger partial charge in [-0.1, -0.05) is 28.1 Å². The first-order chi connectivity index (χ1) is 13.4. The molecule has 8 nitrogen and oxygen atoms in total. The van der Waals surface area contributed by atoms with Crippen molar-refractivity contribution in [3.63, 3.8) is 0 Å². The van der Waals surface area contributed by atoms with Gasteiger partial charge in [0, 0.05) is 22.0 Å². The van der Waals surface area contributed by atoms with E-state index in [1.54, 1.807) is 42.1 Å². The molecule has 0 atom stereocenters. The minimum absolute atomic E-state index is 0.0658. The van der Waals surface area contributed by atoms with Crippen LogP contribution in [0.4, 0.5) is 5.69 Å². The summed E-state index contributed by atoms with van der Waals surface area (Å²) >= 11 is 4.74. The Bertz CT molecular complexity index is 1020. The van der Waals surface area contributed by atoms with E-state index in [4.69, 9.17) is 4.74 Å². The second-order valence-electron chi connectivity index (χ2n) is 5.75. The lowest BCUT2D eigenvalue weighted by molar-refractivity contribution is -0.118. The predicted molar refractivity (Wildman–Crippen MR) is 108 cm³/mol. The van der Waals surface area contributed by atoms with E-state index in [1.807, 2.05) is 12.1 Å². The molecule has 0 spiro atoms. The van der Waals surface area contributed by atoms with Crippen molar-refractivity contribution in [1.82, 2.24) is 20.2 Å². The molecular weight excluding hydrogens is 446 g/mol. The summed E-state index contributed by atoms with van der Waals surface area (Å²) in [5, 5.41) is 14.8. The van der Waals surface area contributed by atoms with Crippen molar-refractivity contribution in [2.75, 3.05) is 11.9 Å². The maximum atomic E-state index is 12.4. The van der Waals surface area contributed by atoms with Gasteiger partial charge in [-0.15, -0.1) is 5.10 Å². The highest BCUT2D eigenvalue weighted by Crippen LogP contribution is 2.33. The van der Waals surface area contributed by atoms with E-state index in [1.165, 1.54) is 18.7 Å². The summed E-state index contributed by atoms with van der Waals surface area (Å²) in [7, 11) is 1.74. The molecule has 3 rings (SSSR count). The van der Waals surface area contributed by atoms with Gasteiger partial charge in [-0.2, -0.15) is 0 Å². The lowest BCUT2D eigenvalue weighted by atomic mass is 10.1. The van der Waals surface area contributed by atoms with Crippen molar-refractivity contribution in [2.45, 2.75) is 17.0 Å². The number of carbonyl (C=O) groups excluding carboxylic acids is 2. The summed E-state index contributed by atoms with van der Waals surface area (Å²) in [4.78, 5) is 24.6. The van der Waals surface area contributed by atoms with Crippen LogP contribution in [-0.4, -0.2) is 38.5 Å². The van der Waals surface area contributed by atoms with Crippen LogP contribution in [0, 0.1) is 0 Å². The van der Waals surface area contributed by atoms with E-state index in [2.05, 4.69) is 36.8 Å². The number of aryl methyl sites for hydroxylation is 1. The molecule has 1 heterocycles. The monoisotopic (exact) mass is 461 g/mol. The van der Waals surface area contributed by atoms with Gasteiger partial charge in [-0.3, -0.25) is 9.59 Å². The second-order valence-corrected chi connectivity index (χ2v) is 7.67. The van der Waals surface area contributed by atoms with E-state index in [-0.39, 0.29) is 18.3 Å². The van der Waals surface area contributed by atoms with Crippen molar-refractivity contribution >= 4 is 45.1 Å². The summed E-state index contributed by atoms with van der Waals surface area (Å²) in [6.45, 7) is 1.29. The fourth-order valence-corrected chi connectivity index (χ4v) is 3.39. The molecule has 0 aliphatic heterocycles. The number of benzene rings is 2. The molecule has 1 N–H and O–H groups in total. The molecule has 0 radical (unpaired) electrons. The van der Waals surface area contributed by atoms with Crippen molar-refractivity contribution in [2.24, 2.45) is 7.05 Å². The van der Waals surface area contributed by atoms with Crippen molar-refractivity contribution < 1.29 is 14.3 Å². The number of Topliss-reactive ketones (excluding diaryl/α,β-unsaturated/α-hetero) is 1. The molecule has 0 saturated heterocycles. The third-order valence-electron chi connectivity index (χ3n) is 3.61. The number of nitrogens with zero attached hydrogens (tertiary/aromatic N) is 4. The van der Waals surface area contributed by atoms with E-state index < -0.39 is 0 Å². The molecule has 1 amide bonds. The van der Waals surface area contributed by atoms with Crippen LogP contribution < -0.4 is 10.1 Å². The summed E-state index contributed by atoms with van der Waals surface area (Å²) in [6.07, 6.45) is 0. The summed E-state index contributed by atoms with van der Waals surface area (Å²) in [6, 6.07) is 12.2. The average molecular weight is 462 g/mol. The number of rotatable bonds is 7. The third kappa shape index (κ3) is 5.17. The van der Waals surface area contributed by atoms with Gasteiger partial charge in [-0.05, 0) is 59.4 Å². The average Bonchev–Trinajstić information content (AvgIpc) is 3.07. The topological polar surface area (TPSA) is 99.0 Å². The van der Waals surface area contributed by atoms with Gasteiger partial charge in [0.15, 0.2) is 12.4 Å². The molecule has 0 aliphatic carbocycles. The number of amides is 1. The third-order valence-corrected chi connectivity index (χ3v) is 5.21. The van der Waals surface area contributed by atoms with Crippen molar-refractivity contribution in [3.8, 4) is 5.75 Å². The highest BCUT2D eigenvalue weighted by atomic mass is 79.9. The van der Waals surface area contributed by atoms with Gasteiger partial charge >= 0.3 is 0 Å². The van der Waals surface area contributed by atoms with Crippen molar-refractivity contribution in [1.29, 1.82) is 0 Å². The van der Waals surface area contributed by atoms with Crippen LogP contribution >= 0.6 is 27.7 Å². The molecule has 2 aromatic carbocycles. The zero-order chi connectivity index (χ0) is 20.1. The number of hydrogen-bond acceptors (Lipinski definition) is 7. The van der Waals surface area contributed by atoms with Crippen LogP contribution in [0.15, 0.2) is 57.0 Å². The number of nitrogens with one attached hydrogen (secondary N) is 1. The molecular formula is C18H16BrN5O3S. The van der Waals surface area contributed by atoms with E-state index in [0.29, 0.717) is 22.2 Å². The number of halogens is 1. The van der Waals surface area contributed by atoms with Crippen LogP contribution in [-0.2, 0) is 11.8 Å². The maximum Gasteiger partial charge on any atom is 0.262 e. The number of tetrazole rings is 1. The van der Waals surface area contributed by atoms with E-state index in [9.17, 15) is 9.59 Å². The van der Waals surface area contributed by atoms with Gasteiger partial charge in [0.25, 0.3) is 5.91 Å². The first kappa shape index (κ1) is 20.0. The van der Waals surface area contributed by atoms with Gasteiger partial charge in [0.1, 0.15) is 5.75 Å². The summed E-state index contributed by atoms with van der Waals surface area (Å²) in [5.41, 5.74) is 1.13.